The molecule has 22 heavy (non-hydrogen) atoms. The minimum absolute atomic E-state index is 0.236. The van der Waals surface area contributed by atoms with E-state index in [2.05, 4.69) is 11.7 Å². The second-order valence-corrected chi connectivity index (χ2v) is 5.16. The normalized spacial score (nSPS) is 12.0. The molecule has 0 N–H and O–H groups in total. The first kappa shape index (κ1) is 21.0. The molecule has 1 atom stereocenters. The average molecular weight is 324 g/mol. The van der Waals surface area contributed by atoms with Crippen LogP contribution in [0.2, 0.25) is 0 Å². The van der Waals surface area contributed by atoms with Crippen molar-refractivity contribution in [1.82, 2.24) is 0 Å². The lowest BCUT2D eigenvalue weighted by Crippen LogP contribution is -2.26. The zero-order chi connectivity index (χ0) is 16.8. The van der Waals surface area contributed by atoms with E-state index >= 15 is 0 Å². The van der Waals surface area contributed by atoms with Crippen molar-refractivity contribution in [2.45, 2.75) is 77.7 Å². The molecule has 0 aliphatic heterocycles. The van der Waals surface area contributed by atoms with Crippen molar-refractivity contribution in [3.63, 3.8) is 0 Å². The molecule has 3 nitrogen and oxygen atoms in total. The quantitative estimate of drug-likeness (QED) is 0.255. The Labute approximate surface area is 130 Å². The number of unbranched alkanes of at least 4 members (excludes halogenated alkanes) is 7. The van der Waals surface area contributed by atoms with Gasteiger partial charge in [0.15, 0.2) is 6.10 Å². The van der Waals surface area contributed by atoms with E-state index in [-0.39, 0.29) is 6.61 Å². The van der Waals surface area contributed by atoms with E-state index in [1.807, 2.05) is 0 Å². The van der Waals surface area contributed by atoms with E-state index in [1.54, 1.807) is 6.92 Å². The molecule has 0 rings (SSSR count). The molecule has 0 saturated carbocycles. The molecule has 0 aliphatic carbocycles. The molecule has 0 aromatic rings. The zero-order valence-corrected chi connectivity index (χ0v) is 13.5. The third kappa shape index (κ3) is 10.7. The summed E-state index contributed by atoms with van der Waals surface area (Å²) in [6, 6.07) is -2.15. The molecule has 0 aromatic carbocycles. The molecule has 1 unspecified atom stereocenters. The maximum absolute atomic E-state index is 12.6. The first-order chi connectivity index (χ1) is 10.5. The van der Waals surface area contributed by atoms with Crippen molar-refractivity contribution < 1.29 is 27.4 Å². The number of esters is 1. The van der Waals surface area contributed by atoms with Crippen LogP contribution < -0.4 is 0 Å². The van der Waals surface area contributed by atoms with Crippen molar-refractivity contribution >= 4 is 5.97 Å². The molecule has 0 radical (unpaired) electrons. The number of rotatable bonds is 13. The Kier molecular flexibility index (Phi) is 13.0. The van der Waals surface area contributed by atoms with Crippen molar-refractivity contribution in [3.8, 4) is 0 Å². The van der Waals surface area contributed by atoms with Gasteiger partial charge in [-0.1, -0.05) is 58.3 Å². The van der Waals surface area contributed by atoms with Gasteiger partial charge in [0.25, 0.3) is 0 Å². The second-order valence-electron chi connectivity index (χ2n) is 5.16. The number of hydrogen-bond donors (Lipinski definition) is 0. The van der Waals surface area contributed by atoms with Crippen LogP contribution in [-0.4, -0.2) is 18.7 Å². The van der Waals surface area contributed by atoms with Gasteiger partial charge in [-0.05, 0) is 13.3 Å². The van der Waals surface area contributed by atoms with Crippen LogP contribution in [0.5, 0.6) is 0 Å². The predicted molar refractivity (Wildman–Crippen MR) is 79.1 cm³/mol. The van der Waals surface area contributed by atoms with Gasteiger partial charge in [-0.15, -0.1) is 0 Å². The number of ether oxygens (including phenoxy) is 2. The van der Waals surface area contributed by atoms with Gasteiger partial charge in [-0.3, -0.25) is 0 Å². The first-order valence-corrected chi connectivity index (χ1v) is 8.06. The average Bonchev–Trinajstić information content (AvgIpc) is 2.48. The largest absolute Gasteiger partial charge is 0.393 e. The van der Waals surface area contributed by atoms with Crippen LogP contribution in [-0.2, 0) is 14.3 Å². The van der Waals surface area contributed by atoms with E-state index in [1.165, 1.54) is 25.7 Å². The van der Waals surface area contributed by atoms with Gasteiger partial charge < -0.3 is 9.47 Å². The Morgan fingerprint density at radius 1 is 0.909 bits per heavy atom. The Balaban J connectivity index is 3.94. The minimum Gasteiger partial charge on any atom is -0.393 e. The van der Waals surface area contributed by atoms with Crippen LogP contribution in [0.25, 0.3) is 0 Å². The highest BCUT2D eigenvalue weighted by atomic mass is 19.3. The smallest absolute Gasteiger partial charge is 0.347 e. The molecule has 0 aliphatic rings. The van der Waals surface area contributed by atoms with Crippen LogP contribution in [0.1, 0.15) is 71.6 Å². The lowest BCUT2D eigenvalue weighted by atomic mass is 10.1. The summed E-state index contributed by atoms with van der Waals surface area (Å²) in [5.41, 5.74) is 0. The summed E-state index contributed by atoms with van der Waals surface area (Å²) in [6.07, 6.45) is 5.48. The molecule has 0 saturated heterocycles. The monoisotopic (exact) mass is 324 g/mol. The summed E-state index contributed by atoms with van der Waals surface area (Å²) < 4.78 is 45.5. The van der Waals surface area contributed by atoms with Gasteiger partial charge >= 0.3 is 18.1 Å². The van der Waals surface area contributed by atoms with Gasteiger partial charge in [0.05, 0.1) is 0 Å². The van der Waals surface area contributed by atoms with Crippen LogP contribution in [0.3, 0.4) is 0 Å². The third-order valence-electron chi connectivity index (χ3n) is 3.29. The summed E-state index contributed by atoms with van der Waals surface area (Å²) in [6.45, 7) is 4.08. The number of carbonyl (C=O) groups excluding carboxylic acids is 1. The summed E-state index contributed by atoms with van der Waals surface area (Å²) in [4.78, 5) is 11.5. The predicted octanol–water partition coefficient (Wildman–Crippen LogP) is 5.50. The van der Waals surface area contributed by atoms with E-state index in [4.69, 9.17) is 4.74 Å². The highest BCUT2D eigenvalue weighted by Gasteiger charge is 2.23. The SMILES string of the molecule is CCCCCCCCCCC(OCC)C(=O)OC(F)=C(F)F. The summed E-state index contributed by atoms with van der Waals surface area (Å²) >= 11 is 0. The van der Waals surface area contributed by atoms with Crippen molar-refractivity contribution in [1.29, 1.82) is 0 Å². The Hall–Kier alpha value is -1.04. The number of carbonyl (C=O) groups is 1. The van der Waals surface area contributed by atoms with Gasteiger partial charge in [-0.25, -0.2) is 4.79 Å². The molecule has 0 heterocycles. The molecule has 0 fully saturated rings. The fourth-order valence-electron chi connectivity index (χ4n) is 2.13. The van der Waals surface area contributed by atoms with Gasteiger partial charge in [0, 0.05) is 6.61 Å². The lowest BCUT2D eigenvalue weighted by molar-refractivity contribution is -0.156. The molecule has 0 bridgehead atoms. The molecule has 6 heteroatoms. The van der Waals surface area contributed by atoms with Crippen LogP contribution >= 0.6 is 0 Å². The Morgan fingerprint density at radius 2 is 1.45 bits per heavy atom. The Bertz CT molecular complexity index is 329. The molecular formula is C16H27F3O3. The van der Waals surface area contributed by atoms with Crippen LogP contribution in [0.4, 0.5) is 13.2 Å². The maximum Gasteiger partial charge on any atom is 0.347 e. The molecule has 0 aromatic heterocycles. The lowest BCUT2D eigenvalue weighted by Gasteiger charge is -2.14. The molecular weight excluding hydrogens is 297 g/mol. The summed E-state index contributed by atoms with van der Waals surface area (Å²) in [7, 11) is 0. The van der Waals surface area contributed by atoms with Crippen LogP contribution in [0.15, 0.2) is 12.1 Å². The highest BCUT2D eigenvalue weighted by Crippen LogP contribution is 2.16. The van der Waals surface area contributed by atoms with Gasteiger partial charge in [-0.2, -0.15) is 13.2 Å². The fourth-order valence-corrected chi connectivity index (χ4v) is 2.13. The van der Waals surface area contributed by atoms with Crippen molar-refractivity contribution in [2.75, 3.05) is 6.61 Å². The van der Waals surface area contributed by atoms with Gasteiger partial charge in [0.2, 0.25) is 0 Å². The molecule has 130 valence electrons. The zero-order valence-electron chi connectivity index (χ0n) is 13.5. The van der Waals surface area contributed by atoms with Crippen LogP contribution in [0, 0.1) is 0 Å². The molecule has 0 spiro atoms. The number of hydrogen-bond acceptors (Lipinski definition) is 3. The van der Waals surface area contributed by atoms with Crippen molar-refractivity contribution in [2.24, 2.45) is 0 Å². The standard InChI is InChI=1S/C16H27F3O3/c1-3-5-6-7-8-9-10-11-12-13(21-4-2)16(20)22-15(19)14(17)18/h13H,3-12H2,1-2H3. The first-order valence-electron chi connectivity index (χ1n) is 8.06. The van der Waals surface area contributed by atoms with Gasteiger partial charge in [0.1, 0.15) is 0 Å². The minimum atomic E-state index is -2.64. The number of halogens is 3. The maximum atomic E-state index is 12.6. The molecule has 0 amide bonds. The Morgan fingerprint density at radius 3 is 1.95 bits per heavy atom. The van der Waals surface area contributed by atoms with E-state index < -0.39 is 24.2 Å². The van der Waals surface area contributed by atoms with E-state index in [9.17, 15) is 18.0 Å². The fraction of sp³-hybridized carbons (Fsp3) is 0.812. The van der Waals surface area contributed by atoms with Crippen molar-refractivity contribution in [3.05, 3.63) is 12.1 Å². The third-order valence-corrected chi connectivity index (χ3v) is 3.29. The van der Waals surface area contributed by atoms with E-state index in [0.717, 1.165) is 25.7 Å². The van der Waals surface area contributed by atoms with E-state index in [0.29, 0.717) is 6.42 Å². The second kappa shape index (κ2) is 13.6. The highest BCUT2D eigenvalue weighted by molar-refractivity contribution is 5.75. The summed E-state index contributed by atoms with van der Waals surface area (Å²) in [5.74, 6) is -1.10. The topological polar surface area (TPSA) is 35.5 Å². The summed E-state index contributed by atoms with van der Waals surface area (Å²) in [5, 5.41) is 0.